The van der Waals surface area contributed by atoms with Crippen LogP contribution in [-0.2, 0) is 9.59 Å². The Hall–Kier alpha value is -0.940. The number of piperazine rings is 1. The molecule has 5 nitrogen and oxygen atoms in total. The van der Waals surface area contributed by atoms with Gasteiger partial charge in [-0.05, 0) is 12.8 Å². The van der Waals surface area contributed by atoms with Gasteiger partial charge in [0.05, 0.1) is 5.41 Å². The van der Waals surface area contributed by atoms with Crippen molar-refractivity contribution in [3.63, 3.8) is 0 Å². The third-order valence-electron chi connectivity index (χ3n) is 4.68. The number of hydrogen-bond donors (Lipinski definition) is 1. The molecule has 2 heterocycles. The SMILES string of the molecule is CC(C)C1(C)CC(=O)N(CCN2CCNCC2)C1=O. The van der Waals surface area contributed by atoms with Crippen LogP contribution < -0.4 is 5.32 Å². The minimum atomic E-state index is -0.499. The first-order valence-corrected chi connectivity index (χ1v) is 7.23. The van der Waals surface area contributed by atoms with Crippen LogP contribution in [-0.4, -0.2) is 60.9 Å². The summed E-state index contributed by atoms with van der Waals surface area (Å²) in [6.07, 6.45) is 0.366. The number of hydrogen-bond acceptors (Lipinski definition) is 4. The summed E-state index contributed by atoms with van der Waals surface area (Å²) in [6, 6.07) is 0. The van der Waals surface area contributed by atoms with Gasteiger partial charge in [0.1, 0.15) is 0 Å². The van der Waals surface area contributed by atoms with Gasteiger partial charge in [0, 0.05) is 45.7 Å². The quantitative estimate of drug-likeness (QED) is 0.745. The van der Waals surface area contributed by atoms with Gasteiger partial charge in [-0.15, -0.1) is 0 Å². The highest BCUT2D eigenvalue weighted by Crippen LogP contribution is 2.38. The van der Waals surface area contributed by atoms with E-state index in [1.165, 1.54) is 4.90 Å². The maximum atomic E-state index is 12.4. The fourth-order valence-electron chi connectivity index (χ4n) is 2.76. The third-order valence-corrected chi connectivity index (χ3v) is 4.68. The standard InChI is InChI=1S/C14H25N3O2/c1-11(2)14(3)10-12(18)17(13(14)19)9-8-16-6-4-15-5-7-16/h11,15H,4-10H2,1-3H3. The molecule has 2 aliphatic rings. The van der Waals surface area contributed by atoms with Gasteiger partial charge in [-0.25, -0.2) is 0 Å². The number of imide groups is 1. The highest BCUT2D eigenvalue weighted by Gasteiger charge is 2.49. The summed E-state index contributed by atoms with van der Waals surface area (Å²) in [7, 11) is 0. The lowest BCUT2D eigenvalue weighted by molar-refractivity contribution is -0.142. The van der Waals surface area contributed by atoms with Crippen molar-refractivity contribution >= 4 is 11.8 Å². The van der Waals surface area contributed by atoms with E-state index in [0.29, 0.717) is 13.0 Å². The van der Waals surface area contributed by atoms with Gasteiger partial charge < -0.3 is 5.32 Å². The lowest BCUT2D eigenvalue weighted by Crippen LogP contribution is -2.47. The molecular weight excluding hydrogens is 242 g/mol. The van der Waals surface area contributed by atoms with Crippen molar-refractivity contribution in [2.24, 2.45) is 11.3 Å². The largest absolute Gasteiger partial charge is 0.314 e. The summed E-state index contributed by atoms with van der Waals surface area (Å²) in [5.74, 6) is 0.215. The molecule has 0 aliphatic carbocycles. The van der Waals surface area contributed by atoms with Crippen molar-refractivity contribution < 1.29 is 9.59 Å². The summed E-state index contributed by atoms with van der Waals surface area (Å²) in [5.41, 5.74) is -0.499. The van der Waals surface area contributed by atoms with Gasteiger partial charge in [0.25, 0.3) is 0 Å². The zero-order chi connectivity index (χ0) is 14.0. The Labute approximate surface area is 115 Å². The van der Waals surface area contributed by atoms with Crippen LogP contribution in [0, 0.1) is 11.3 Å². The summed E-state index contributed by atoms with van der Waals surface area (Å²) in [5, 5.41) is 3.30. The van der Waals surface area contributed by atoms with Crippen LogP contribution in [0.4, 0.5) is 0 Å². The molecule has 2 fully saturated rings. The first-order valence-electron chi connectivity index (χ1n) is 7.23. The molecule has 0 saturated carbocycles. The Morgan fingerprint density at radius 3 is 2.37 bits per heavy atom. The topological polar surface area (TPSA) is 52.7 Å². The van der Waals surface area contributed by atoms with Gasteiger partial charge in [-0.2, -0.15) is 0 Å². The number of rotatable bonds is 4. The molecule has 108 valence electrons. The monoisotopic (exact) mass is 267 g/mol. The Morgan fingerprint density at radius 1 is 1.21 bits per heavy atom. The average molecular weight is 267 g/mol. The van der Waals surface area contributed by atoms with Crippen molar-refractivity contribution in [3.05, 3.63) is 0 Å². The van der Waals surface area contributed by atoms with E-state index in [1.807, 2.05) is 20.8 Å². The van der Waals surface area contributed by atoms with Crippen LogP contribution in [0.25, 0.3) is 0 Å². The number of carbonyl (C=O) groups is 2. The molecule has 1 atom stereocenters. The first kappa shape index (κ1) is 14.5. The predicted molar refractivity (Wildman–Crippen MR) is 73.6 cm³/mol. The smallest absolute Gasteiger partial charge is 0.235 e. The molecule has 0 radical (unpaired) electrons. The molecule has 2 amide bonds. The van der Waals surface area contributed by atoms with Gasteiger partial charge in [-0.1, -0.05) is 13.8 Å². The van der Waals surface area contributed by atoms with Gasteiger partial charge >= 0.3 is 0 Å². The minimum Gasteiger partial charge on any atom is -0.314 e. The summed E-state index contributed by atoms with van der Waals surface area (Å²) < 4.78 is 0. The number of nitrogens with zero attached hydrogens (tertiary/aromatic N) is 2. The fraction of sp³-hybridized carbons (Fsp3) is 0.857. The molecule has 0 aromatic rings. The Balaban J connectivity index is 1.93. The van der Waals surface area contributed by atoms with Crippen molar-refractivity contribution in [3.8, 4) is 0 Å². The van der Waals surface area contributed by atoms with E-state index in [2.05, 4.69) is 10.2 Å². The highest BCUT2D eigenvalue weighted by atomic mass is 16.2. The maximum absolute atomic E-state index is 12.4. The van der Waals surface area contributed by atoms with Crippen LogP contribution in [0.2, 0.25) is 0 Å². The van der Waals surface area contributed by atoms with Crippen LogP contribution >= 0.6 is 0 Å². The second-order valence-electron chi connectivity index (χ2n) is 6.19. The van der Waals surface area contributed by atoms with E-state index in [1.54, 1.807) is 0 Å². The molecule has 0 aromatic heterocycles. The zero-order valence-electron chi connectivity index (χ0n) is 12.2. The molecule has 1 N–H and O–H groups in total. The molecule has 2 saturated heterocycles. The molecule has 0 aromatic carbocycles. The minimum absolute atomic E-state index is 0.00339. The second-order valence-corrected chi connectivity index (χ2v) is 6.19. The van der Waals surface area contributed by atoms with E-state index in [0.717, 1.165) is 32.7 Å². The number of likely N-dealkylation sites (tertiary alicyclic amines) is 1. The molecule has 5 heteroatoms. The summed E-state index contributed by atoms with van der Waals surface area (Å²) >= 11 is 0. The second kappa shape index (κ2) is 5.59. The van der Waals surface area contributed by atoms with Gasteiger partial charge in [0.2, 0.25) is 11.8 Å². The lowest BCUT2D eigenvalue weighted by atomic mass is 9.78. The number of carbonyl (C=O) groups excluding carboxylic acids is 2. The predicted octanol–water partition coefficient (Wildman–Crippen LogP) is 0.313. The number of amides is 2. The van der Waals surface area contributed by atoms with E-state index < -0.39 is 5.41 Å². The van der Waals surface area contributed by atoms with Gasteiger partial charge in [-0.3, -0.25) is 19.4 Å². The molecule has 1 unspecified atom stereocenters. The van der Waals surface area contributed by atoms with Crippen LogP contribution in [0.5, 0.6) is 0 Å². The molecule has 0 spiro atoms. The Bertz CT molecular complexity index is 364. The molecule has 19 heavy (non-hydrogen) atoms. The van der Waals surface area contributed by atoms with E-state index in [-0.39, 0.29) is 17.7 Å². The Morgan fingerprint density at radius 2 is 1.84 bits per heavy atom. The van der Waals surface area contributed by atoms with E-state index in [9.17, 15) is 9.59 Å². The van der Waals surface area contributed by atoms with Crippen LogP contribution in [0.3, 0.4) is 0 Å². The highest BCUT2D eigenvalue weighted by molar-refractivity contribution is 6.05. The van der Waals surface area contributed by atoms with Crippen molar-refractivity contribution in [2.75, 3.05) is 39.3 Å². The zero-order valence-corrected chi connectivity index (χ0v) is 12.2. The number of nitrogens with one attached hydrogen (secondary N) is 1. The molecule has 0 bridgehead atoms. The molecular formula is C14H25N3O2. The first-order chi connectivity index (χ1) is 8.95. The average Bonchev–Trinajstić information content (AvgIpc) is 2.61. The lowest BCUT2D eigenvalue weighted by Gasteiger charge is -2.30. The molecule has 2 aliphatic heterocycles. The van der Waals surface area contributed by atoms with Crippen molar-refractivity contribution in [2.45, 2.75) is 27.2 Å². The Kier molecular flexibility index (Phi) is 4.26. The van der Waals surface area contributed by atoms with E-state index >= 15 is 0 Å². The normalized spacial score (nSPS) is 29.6. The summed E-state index contributed by atoms with van der Waals surface area (Å²) in [4.78, 5) is 28.3. The van der Waals surface area contributed by atoms with Crippen LogP contribution in [0.1, 0.15) is 27.2 Å². The van der Waals surface area contributed by atoms with Crippen molar-refractivity contribution in [1.29, 1.82) is 0 Å². The fourth-order valence-corrected chi connectivity index (χ4v) is 2.76. The van der Waals surface area contributed by atoms with Crippen LogP contribution in [0.15, 0.2) is 0 Å². The summed E-state index contributed by atoms with van der Waals surface area (Å²) in [6.45, 7) is 11.3. The molecule has 2 rings (SSSR count). The maximum Gasteiger partial charge on any atom is 0.235 e. The van der Waals surface area contributed by atoms with Gasteiger partial charge in [0.15, 0.2) is 0 Å². The third kappa shape index (κ3) is 2.82. The van der Waals surface area contributed by atoms with E-state index in [4.69, 9.17) is 0 Å². The van der Waals surface area contributed by atoms with Crippen molar-refractivity contribution in [1.82, 2.24) is 15.1 Å².